The van der Waals surface area contributed by atoms with E-state index in [0.717, 1.165) is 0 Å². The van der Waals surface area contributed by atoms with Crippen LogP contribution >= 0.6 is 0 Å². The van der Waals surface area contributed by atoms with E-state index in [2.05, 4.69) is 0 Å². The zero-order valence-electron chi connectivity index (χ0n) is 7.54. The van der Waals surface area contributed by atoms with Crippen LogP contribution in [0.15, 0.2) is 12.1 Å². The van der Waals surface area contributed by atoms with E-state index in [-0.39, 0.29) is 11.1 Å². The van der Waals surface area contributed by atoms with E-state index in [1.165, 1.54) is 19.1 Å². The Morgan fingerprint density at radius 2 is 2.29 bits per heavy atom. The Morgan fingerprint density at radius 3 is 2.79 bits per heavy atom. The molecule has 1 aromatic carbocycles. The molecule has 3 nitrogen and oxygen atoms in total. The number of aliphatic carboxylic acids is 1. The van der Waals surface area contributed by atoms with E-state index >= 15 is 0 Å². The SMILES string of the molecule is Cc1cc(C#N)cc(CC(=O)O)c1F. The molecule has 0 fully saturated rings. The van der Waals surface area contributed by atoms with Crippen molar-refractivity contribution in [1.82, 2.24) is 0 Å². The summed E-state index contributed by atoms with van der Waals surface area (Å²) in [7, 11) is 0. The van der Waals surface area contributed by atoms with E-state index in [0.29, 0.717) is 5.56 Å². The third-order valence-corrected chi connectivity index (χ3v) is 1.80. The van der Waals surface area contributed by atoms with Gasteiger partial charge < -0.3 is 5.11 Å². The van der Waals surface area contributed by atoms with Crippen molar-refractivity contribution in [3.8, 4) is 6.07 Å². The van der Waals surface area contributed by atoms with Crippen LogP contribution < -0.4 is 0 Å². The van der Waals surface area contributed by atoms with Crippen LogP contribution in [0.5, 0.6) is 0 Å². The van der Waals surface area contributed by atoms with Crippen molar-refractivity contribution >= 4 is 5.97 Å². The molecule has 0 spiro atoms. The topological polar surface area (TPSA) is 61.1 Å². The maximum absolute atomic E-state index is 13.3. The lowest BCUT2D eigenvalue weighted by Crippen LogP contribution is -2.04. The van der Waals surface area contributed by atoms with Gasteiger partial charge in [-0.15, -0.1) is 0 Å². The molecule has 72 valence electrons. The molecule has 1 rings (SSSR count). The largest absolute Gasteiger partial charge is 0.481 e. The molecular weight excluding hydrogens is 185 g/mol. The minimum atomic E-state index is -1.11. The van der Waals surface area contributed by atoms with Gasteiger partial charge in [-0.05, 0) is 24.6 Å². The molecule has 0 unspecified atom stereocenters. The number of nitriles is 1. The van der Waals surface area contributed by atoms with Gasteiger partial charge in [0.25, 0.3) is 0 Å². The van der Waals surface area contributed by atoms with Crippen molar-refractivity contribution in [1.29, 1.82) is 5.26 Å². The van der Waals surface area contributed by atoms with Gasteiger partial charge in [-0.3, -0.25) is 4.79 Å². The van der Waals surface area contributed by atoms with Gasteiger partial charge in [0.1, 0.15) is 5.82 Å². The Morgan fingerprint density at radius 1 is 1.64 bits per heavy atom. The maximum atomic E-state index is 13.3. The van der Waals surface area contributed by atoms with E-state index < -0.39 is 18.2 Å². The Kier molecular flexibility index (Phi) is 2.82. The average molecular weight is 193 g/mol. The van der Waals surface area contributed by atoms with E-state index in [4.69, 9.17) is 10.4 Å². The Bertz CT molecular complexity index is 421. The van der Waals surface area contributed by atoms with E-state index in [9.17, 15) is 9.18 Å². The quantitative estimate of drug-likeness (QED) is 0.776. The van der Waals surface area contributed by atoms with E-state index in [1.807, 2.05) is 6.07 Å². The summed E-state index contributed by atoms with van der Waals surface area (Å²) < 4.78 is 13.3. The Balaban J connectivity index is 3.21. The minimum Gasteiger partial charge on any atom is -0.481 e. The molecule has 0 atom stereocenters. The van der Waals surface area contributed by atoms with Crippen molar-refractivity contribution in [3.05, 3.63) is 34.6 Å². The highest BCUT2D eigenvalue weighted by atomic mass is 19.1. The maximum Gasteiger partial charge on any atom is 0.307 e. The second-order valence-corrected chi connectivity index (χ2v) is 2.95. The highest BCUT2D eigenvalue weighted by Crippen LogP contribution is 2.15. The molecule has 0 amide bonds. The number of hydrogen-bond acceptors (Lipinski definition) is 2. The number of carboxylic acid groups (broad SMARTS) is 1. The van der Waals surface area contributed by atoms with Crippen LogP contribution in [-0.4, -0.2) is 11.1 Å². The first-order valence-corrected chi connectivity index (χ1v) is 3.95. The third kappa shape index (κ3) is 2.07. The van der Waals surface area contributed by atoms with Crippen LogP contribution in [0.4, 0.5) is 4.39 Å². The van der Waals surface area contributed by atoms with Crippen LogP contribution in [0.2, 0.25) is 0 Å². The van der Waals surface area contributed by atoms with Crippen molar-refractivity contribution in [2.45, 2.75) is 13.3 Å². The van der Waals surface area contributed by atoms with Crippen LogP contribution in [0.25, 0.3) is 0 Å². The second kappa shape index (κ2) is 3.88. The van der Waals surface area contributed by atoms with Gasteiger partial charge in [0.05, 0.1) is 18.1 Å². The zero-order chi connectivity index (χ0) is 10.7. The van der Waals surface area contributed by atoms with Crippen LogP contribution in [-0.2, 0) is 11.2 Å². The standard InChI is InChI=1S/C10H8FNO2/c1-6-2-7(5-12)3-8(10(6)11)4-9(13)14/h2-3H,4H2,1H3,(H,13,14). The number of carboxylic acids is 1. The average Bonchev–Trinajstić information content (AvgIpc) is 2.11. The molecule has 4 heteroatoms. The smallest absolute Gasteiger partial charge is 0.307 e. The number of aryl methyl sites for hydroxylation is 1. The summed E-state index contributed by atoms with van der Waals surface area (Å²) in [4.78, 5) is 10.4. The molecule has 0 aliphatic carbocycles. The molecule has 0 saturated carbocycles. The molecular formula is C10H8FNO2. The summed E-state index contributed by atoms with van der Waals surface area (Å²) in [5, 5.41) is 17.1. The van der Waals surface area contributed by atoms with Crippen molar-refractivity contribution < 1.29 is 14.3 Å². The number of halogens is 1. The number of benzene rings is 1. The van der Waals surface area contributed by atoms with Gasteiger partial charge in [-0.25, -0.2) is 4.39 Å². The predicted octanol–water partition coefficient (Wildman–Crippen LogP) is 1.63. The summed E-state index contributed by atoms with van der Waals surface area (Å²) >= 11 is 0. The number of hydrogen-bond donors (Lipinski definition) is 1. The Labute approximate surface area is 80.4 Å². The molecule has 0 aliphatic heterocycles. The van der Waals surface area contributed by atoms with Gasteiger partial charge in [0.15, 0.2) is 0 Å². The van der Waals surface area contributed by atoms with Crippen LogP contribution in [0.1, 0.15) is 16.7 Å². The van der Waals surface area contributed by atoms with Gasteiger partial charge in [-0.1, -0.05) is 0 Å². The monoisotopic (exact) mass is 193 g/mol. The third-order valence-electron chi connectivity index (χ3n) is 1.80. The zero-order valence-corrected chi connectivity index (χ0v) is 7.54. The molecule has 0 aliphatic rings. The van der Waals surface area contributed by atoms with Gasteiger partial charge in [0, 0.05) is 5.56 Å². The van der Waals surface area contributed by atoms with Crippen molar-refractivity contribution in [3.63, 3.8) is 0 Å². The van der Waals surface area contributed by atoms with Gasteiger partial charge in [0.2, 0.25) is 0 Å². The molecule has 14 heavy (non-hydrogen) atoms. The van der Waals surface area contributed by atoms with Crippen LogP contribution in [0, 0.1) is 24.1 Å². The number of rotatable bonds is 2. The lowest BCUT2D eigenvalue weighted by atomic mass is 10.0. The molecule has 1 N–H and O–H groups in total. The van der Waals surface area contributed by atoms with Crippen LogP contribution in [0.3, 0.4) is 0 Å². The second-order valence-electron chi connectivity index (χ2n) is 2.95. The first-order chi connectivity index (χ1) is 6.54. The van der Waals surface area contributed by atoms with Crippen molar-refractivity contribution in [2.24, 2.45) is 0 Å². The lowest BCUT2D eigenvalue weighted by Gasteiger charge is -2.03. The number of nitrogens with zero attached hydrogens (tertiary/aromatic N) is 1. The molecule has 0 radical (unpaired) electrons. The highest BCUT2D eigenvalue weighted by Gasteiger charge is 2.10. The highest BCUT2D eigenvalue weighted by molar-refractivity contribution is 5.70. The van der Waals surface area contributed by atoms with Gasteiger partial charge >= 0.3 is 5.97 Å². The fraction of sp³-hybridized carbons (Fsp3) is 0.200. The van der Waals surface area contributed by atoms with Gasteiger partial charge in [-0.2, -0.15) is 5.26 Å². The number of carbonyl (C=O) groups is 1. The fourth-order valence-electron chi connectivity index (χ4n) is 1.20. The first kappa shape index (κ1) is 10.2. The lowest BCUT2D eigenvalue weighted by molar-refractivity contribution is -0.136. The minimum absolute atomic E-state index is 0.0500. The Hall–Kier alpha value is -1.89. The predicted molar refractivity (Wildman–Crippen MR) is 47.2 cm³/mol. The van der Waals surface area contributed by atoms with E-state index in [1.54, 1.807) is 0 Å². The normalized spacial score (nSPS) is 9.50. The fourth-order valence-corrected chi connectivity index (χ4v) is 1.20. The molecule has 0 heterocycles. The summed E-state index contributed by atoms with van der Waals surface area (Å²) in [6.07, 6.45) is -0.401. The molecule has 0 saturated heterocycles. The summed E-state index contributed by atoms with van der Waals surface area (Å²) in [5.41, 5.74) is 0.620. The summed E-state index contributed by atoms with van der Waals surface area (Å²) in [6.45, 7) is 1.50. The molecule has 0 aromatic heterocycles. The van der Waals surface area contributed by atoms with Crippen molar-refractivity contribution in [2.75, 3.05) is 0 Å². The summed E-state index contributed by atoms with van der Waals surface area (Å²) in [6, 6.07) is 4.50. The molecule has 0 bridgehead atoms. The molecule has 1 aromatic rings. The first-order valence-electron chi connectivity index (χ1n) is 3.95. The summed E-state index contributed by atoms with van der Waals surface area (Å²) in [5.74, 6) is -1.66.